The Morgan fingerprint density at radius 1 is 1.47 bits per heavy atom. The second-order valence-electron chi connectivity index (χ2n) is 5.65. The minimum Gasteiger partial charge on any atom is -0.349 e. The van der Waals surface area contributed by atoms with Gasteiger partial charge >= 0.3 is 0 Å². The van der Waals surface area contributed by atoms with E-state index in [-0.39, 0.29) is 23.7 Å². The number of hydrogen-bond donors (Lipinski definition) is 2. The Morgan fingerprint density at radius 2 is 2.26 bits per heavy atom. The van der Waals surface area contributed by atoms with Crippen molar-refractivity contribution in [3.63, 3.8) is 0 Å². The van der Waals surface area contributed by atoms with E-state index >= 15 is 0 Å². The van der Waals surface area contributed by atoms with E-state index in [1.165, 1.54) is 6.07 Å². The largest absolute Gasteiger partial charge is 0.349 e. The zero-order valence-electron chi connectivity index (χ0n) is 11.1. The lowest BCUT2D eigenvalue weighted by Crippen LogP contribution is -2.49. The van der Waals surface area contributed by atoms with Gasteiger partial charge in [-0.05, 0) is 55.1 Å². The van der Waals surface area contributed by atoms with E-state index in [0.717, 1.165) is 37.1 Å². The Morgan fingerprint density at radius 3 is 2.95 bits per heavy atom. The van der Waals surface area contributed by atoms with E-state index in [1.54, 1.807) is 12.1 Å². The van der Waals surface area contributed by atoms with Crippen LogP contribution in [0.4, 0.5) is 4.39 Å². The van der Waals surface area contributed by atoms with Crippen LogP contribution in [0.3, 0.4) is 0 Å². The van der Waals surface area contributed by atoms with Crippen LogP contribution >= 0.6 is 0 Å². The first-order valence-electron chi connectivity index (χ1n) is 6.94. The minimum atomic E-state index is -0.195. The van der Waals surface area contributed by atoms with Crippen LogP contribution < -0.4 is 10.6 Å². The maximum Gasteiger partial charge on any atom is 0.223 e. The molecule has 0 aromatic heterocycles. The van der Waals surface area contributed by atoms with Crippen molar-refractivity contribution in [2.24, 2.45) is 11.8 Å². The summed E-state index contributed by atoms with van der Waals surface area (Å²) in [5.41, 5.74) is 2.11. The van der Waals surface area contributed by atoms with Gasteiger partial charge in [0.15, 0.2) is 0 Å². The number of carbonyl (C=O) groups is 1. The number of nitrogens with one attached hydrogen (secondary N) is 2. The zero-order valence-corrected chi connectivity index (χ0v) is 11.1. The summed E-state index contributed by atoms with van der Waals surface area (Å²) in [4.78, 5) is 12.2. The van der Waals surface area contributed by atoms with Crippen molar-refractivity contribution in [2.75, 3.05) is 13.1 Å². The molecule has 0 saturated carbocycles. The van der Waals surface area contributed by atoms with Gasteiger partial charge in [-0.1, -0.05) is 13.0 Å². The molecule has 102 valence electrons. The first-order valence-corrected chi connectivity index (χ1v) is 6.94. The van der Waals surface area contributed by atoms with E-state index in [2.05, 4.69) is 10.6 Å². The third-order valence-corrected chi connectivity index (χ3v) is 4.43. The fourth-order valence-electron chi connectivity index (χ4n) is 2.92. The smallest absolute Gasteiger partial charge is 0.223 e. The number of benzene rings is 1. The molecular formula is C15H19FN2O. The van der Waals surface area contributed by atoms with Crippen LogP contribution in [0.2, 0.25) is 0 Å². The van der Waals surface area contributed by atoms with Crippen molar-refractivity contribution in [1.29, 1.82) is 0 Å². The summed E-state index contributed by atoms with van der Waals surface area (Å²) in [5.74, 6) is 0.424. The lowest BCUT2D eigenvalue weighted by Gasteiger charge is -2.32. The molecule has 0 radical (unpaired) electrons. The van der Waals surface area contributed by atoms with Gasteiger partial charge < -0.3 is 10.6 Å². The fourth-order valence-corrected chi connectivity index (χ4v) is 2.92. The van der Waals surface area contributed by atoms with Crippen molar-refractivity contribution < 1.29 is 9.18 Å². The molecule has 2 unspecified atom stereocenters. The van der Waals surface area contributed by atoms with Crippen LogP contribution in [-0.4, -0.2) is 19.0 Å². The van der Waals surface area contributed by atoms with Crippen LogP contribution in [0.1, 0.15) is 30.5 Å². The lowest BCUT2D eigenvalue weighted by molar-refractivity contribution is -0.127. The maximum absolute atomic E-state index is 13.1. The molecule has 1 fully saturated rings. The van der Waals surface area contributed by atoms with Crippen molar-refractivity contribution >= 4 is 5.91 Å². The Balaban J connectivity index is 1.67. The van der Waals surface area contributed by atoms with Crippen LogP contribution in [-0.2, 0) is 11.2 Å². The molecule has 19 heavy (non-hydrogen) atoms. The molecule has 3 rings (SSSR count). The van der Waals surface area contributed by atoms with E-state index in [1.807, 2.05) is 6.92 Å². The molecule has 3 nitrogen and oxygen atoms in total. The number of rotatable bonds is 3. The average Bonchev–Trinajstić information content (AvgIpc) is 2.69. The molecule has 2 aliphatic rings. The first kappa shape index (κ1) is 12.6. The minimum absolute atomic E-state index is 0.0470. The normalized spacial score (nSPS) is 23.6. The summed E-state index contributed by atoms with van der Waals surface area (Å²) >= 11 is 0. The van der Waals surface area contributed by atoms with Gasteiger partial charge in [0, 0.05) is 5.92 Å². The quantitative estimate of drug-likeness (QED) is 0.872. The molecule has 1 aliphatic heterocycles. The van der Waals surface area contributed by atoms with E-state index in [4.69, 9.17) is 0 Å². The van der Waals surface area contributed by atoms with Gasteiger partial charge in [-0.2, -0.15) is 0 Å². The van der Waals surface area contributed by atoms with Crippen LogP contribution in [0.25, 0.3) is 0 Å². The fraction of sp³-hybridized carbons (Fsp3) is 0.533. The average molecular weight is 262 g/mol. The second kappa shape index (κ2) is 4.93. The molecule has 1 saturated heterocycles. The summed E-state index contributed by atoms with van der Waals surface area (Å²) < 4.78 is 13.1. The van der Waals surface area contributed by atoms with Crippen molar-refractivity contribution in [3.8, 4) is 0 Å². The molecule has 0 bridgehead atoms. The third kappa shape index (κ3) is 2.37. The molecule has 2 N–H and O–H groups in total. The number of hydrogen-bond acceptors (Lipinski definition) is 2. The van der Waals surface area contributed by atoms with E-state index in [0.29, 0.717) is 5.92 Å². The molecule has 1 aromatic rings. The summed E-state index contributed by atoms with van der Waals surface area (Å²) in [6, 6.07) is 4.92. The second-order valence-corrected chi connectivity index (χ2v) is 5.65. The summed E-state index contributed by atoms with van der Waals surface area (Å²) in [7, 11) is 0. The lowest BCUT2D eigenvalue weighted by atomic mass is 9.88. The SMILES string of the molecule is CC(C(=O)NC1CCc2cc(F)ccc21)C1CNC1. The van der Waals surface area contributed by atoms with Gasteiger partial charge in [-0.25, -0.2) is 4.39 Å². The monoisotopic (exact) mass is 262 g/mol. The first-order chi connectivity index (χ1) is 9.15. The predicted octanol–water partition coefficient (Wildman–Crippen LogP) is 1.78. The van der Waals surface area contributed by atoms with Crippen molar-refractivity contribution in [3.05, 3.63) is 35.1 Å². The molecule has 1 aromatic carbocycles. The summed E-state index contributed by atoms with van der Waals surface area (Å²) in [5, 5.41) is 6.31. The number of fused-ring (bicyclic) bond motifs is 1. The topological polar surface area (TPSA) is 41.1 Å². The highest BCUT2D eigenvalue weighted by molar-refractivity contribution is 5.79. The van der Waals surface area contributed by atoms with Crippen LogP contribution in [0, 0.1) is 17.7 Å². The predicted molar refractivity (Wildman–Crippen MR) is 71.1 cm³/mol. The maximum atomic E-state index is 13.1. The highest BCUT2D eigenvalue weighted by Crippen LogP contribution is 2.32. The molecule has 1 heterocycles. The van der Waals surface area contributed by atoms with Gasteiger partial charge in [-0.3, -0.25) is 4.79 Å². The molecule has 2 atom stereocenters. The molecule has 4 heteroatoms. The standard InChI is InChI=1S/C15H19FN2O/c1-9(11-7-17-8-11)15(19)18-14-5-2-10-6-12(16)3-4-13(10)14/h3-4,6,9,11,14,17H,2,5,7-8H2,1H3,(H,18,19). The van der Waals surface area contributed by atoms with Gasteiger partial charge in [-0.15, -0.1) is 0 Å². The van der Waals surface area contributed by atoms with Crippen molar-refractivity contribution in [1.82, 2.24) is 10.6 Å². The number of amides is 1. The number of carbonyl (C=O) groups excluding carboxylic acids is 1. The number of aryl methyl sites for hydroxylation is 1. The molecule has 0 spiro atoms. The highest BCUT2D eigenvalue weighted by Gasteiger charge is 2.31. The summed E-state index contributed by atoms with van der Waals surface area (Å²) in [6.45, 7) is 3.85. The van der Waals surface area contributed by atoms with E-state index < -0.39 is 0 Å². The van der Waals surface area contributed by atoms with Gasteiger partial charge in [0.05, 0.1) is 6.04 Å². The molecule has 1 aliphatic carbocycles. The Kier molecular flexibility index (Phi) is 3.27. The Hall–Kier alpha value is -1.42. The zero-order chi connectivity index (χ0) is 13.4. The van der Waals surface area contributed by atoms with Gasteiger partial charge in [0.1, 0.15) is 5.82 Å². The van der Waals surface area contributed by atoms with Crippen LogP contribution in [0.15, 0.2) is 18.2 Å². The molecular weight excluding hydrogens is 243 g/mol. The van der Waals surface area contributed by atoms with E-state index in [9.17, 15) is 9.18 Å². The highest BCUT2D eigenvalue weighted by atomic mass is 19.1. The third-order valence-electron chi connectivity index (χ3n) is 4.43. The van der Waals surface area contributed by atoms with Gasteiger partial charge in [0.25, 0.3) is 0 Å². The van der Waals surface area contributed by atoms with Crippen LogP contribution in [0.5, 0.6) is 0 Å². The Labute approximate surface area is 112 Å². The summed E-state index contributed by atoms with van der Waals surface area (Å²) in [6.07, 6.45) is 1.72. The molecule has 1 amide bonds. The Bertz CT molecular complexity index is 499. The van der Waals surface area contributed by atoms with Crippen molar-refractivity contribution in [2.45, 2.75) is 25.8 Å². The van der Waals surface area contributed by atoms with Gasteiger partial charge in [0.2, 0.25) is 5.91 Å². The number of halogens is 1.